The fourth-order valence-corrected chi connectivity index (χ4v) is 2.73. The van der Waals surface area contributed by atoms with Crippen molar-refractivity contribution in [2.24, 2.45) is 5.41 Å². The lowest BCUT2D eigenvalue weighted by Crippen LogP contribution is -2.27. The van der Waals surface area contributed by atoms with Gasteiger partial charge in [0.2, 0.25) is 5.91 Å². The van der Waals surface area contributed by atoms with Gasteiger partial charge in [-0.15, -0.1) is 0 Å². The number of carbonyl (C=O) groups is 1. The third kappa shape index (κ3) is 5.95. The summed E-state index contributed by atoms with van der Waals surface area (Å²) in [4.78, 5) is 14.0. The Hall–Kier alpha value is -1.40. The second kappa shape index (κ2) is 7.93. The van der Waals surface area contributed by atoms with Crippen LogP contribution < -0.4 is 5.32 Å². The van der Waals surface area contributed by atoms with E-state index in [2.05, 4.69) is 46.8 Å². The van der Waals surface area contributed by atoms with Crippen LogP contribution in [0, 0.1) is 5.41 Å². The number of amides is 1. The van der Waals surface area contributed by atoms with E-state index < -0.39 is 0 Å². The molecule has 2 rings (SSSR count). The van der Waals surface area contributed by atoms with Crippen molar-refractivity contribution in [2.75, 3.05) is 26.8 Å². The van der Waals surface area contributed by atoms with Crippen LogP contribution >= 0.6 is 0 Å². The second-order valence-corrected chi connectivity index (χ2v) is 7.50. The monoisotopic (exact) mass is 322 g/mol. The van der Waals surface area contributed by atoms with Gasteiger partial charge < -0.3 is 10.1 Å². The summed E-state index contributed by atoms with van der Waals surface area (Å²) in [5.74, 6) is -0.109. The van der Waals surface area contributed by atoms with Gasteiger partial charge in [0.15, 0.2) is 0 Å². The minimum atomic E-state index is -0.109. The standard InChI is InChI=1S/C17H30N4O2/c1-17(2,3)6-9-20-7-5-8-21-15(12-20)10-14(19-21)11-18-16(22)13-23-4/h10H,5-9,11-13H2,1-4H3,(H,18,22). The van der Waals surface area contributed by atoms with Crippen molar-refractivity contribution in [3.05, 3.63) is 17.5 Å². The van der Waals surface area contributed by atoms with Gasteiger partial charge in [0, 0.05) is 26.7 Å². The first-order valence-corrected chi connectivity index (χ1v) is 8.41. The first-order chi connectivity index (χ1) is 10.9. The molecule has 0 aliphatic carbocycles. The topological polar surface area (TPSA) is 59.4 Å². The number of carbonyl (C=O) groups excluding carboxylic acids is 1. The molecular formula is C17H30N4O2. The highest BCUT2D eigenvalue weighted by Gasteiger charge is 2.19. The fraction of sp³-hybridized carbons (Fsp3) is 0.765. The van der Waals surface area contributed by atoms with Crippen LogP contribution in [0.1, 0.15) is 45.0 Å². The van der Waals surface area contributed by atoms with E-state index in [-0.39, 0.29) is 12.5 Å². The molecule has 0 saturated carbocycles. The lowest BCUT2D eigenvalue weighted by molar-refractivity contribution is -0.124. The average Bonchev–Trinajstić information content (AvgIpc) is 2.74. The molecule has 1 amide bonds. The number of nitrogens with zero attached hydrogens (tertiary/aromatic N) is 3. The predicted molar refractivity (Wildman–Crippen MR) is 89.9 cm³/mol. The van der Waals surface area contributed by atoms with Crippen LogP contribution in [0.5, 0.6) is 0 Å². The predicted octanol–water partition coefficient (Wildman–Crippen LogP) is 1.79. The Morgan fingerprint density at radius 1 is 1.39 bits per heavy atom. The van der Waals surface area contributed by atoms with Crippen LogP contribution in [0.3, 0.4) is 0 Å². The van der Waals surface area contributed by atoms with Crippen molar-refractivity contribution >= 4 is 5.91 Å². The summed E-state index contributed by atoms with van der Waals surface area (Å²) in [6, 6.07) is 2.11. The summed E-state index contributed by atoms with van der Waals surface area (Å²) in [5, 5.41) is 7.45. The van der Waals surface area contributed by atoms with Gasteiger partial charge in [-0.3, -0.25) is 14.4 Å². The van der Waals surface area contributed by atoms with Gasteiger partial charge in [-0.2, -0.15) is 5.10 Å². The number of nitrogens with one attached hydrogen (secondary N) is 1. The SMILES string of the molecule is COCC(=O)NCc1cc2n(n1)CCCN(CCC(C)(C)C)C2. The quantitative estimate of drug-likeness (QED) is 0.867. The van der Waals surface area contributed by atoms with Crippen molar-refractivity contribution in [3.8, 4) is 0 Å². The highest BCUT2D eigenvalue weighted by Crippen LogP contribution is 2.21. The van der Waals surface area contributed by atoms with Crippen molar-refractivity contribution in [2.45, 2.75) is 53.2 Å². The Bertz CT molecular complexity index is 519. The summed E-state index contributed by atoms with van der Waals surface area (Å²) >= 11 is 0. The molecule has 23 heavy (non-hydrogen) atoms. The van der Waals surface area contributed by atoms with E-state index in [0.29, 0.717) is 12.0 Å². The van der Waals surface area contributed by atoms with Gasteiger partial charge in [0.25, 0.3) is 0 Å². The highest BCUT2D eigenvalue weighted by molar-refractivity contribution is 5.77. The molecule has 2 heterocycles. The maximum Gasteiger partial charge on any atom is 0.246 e. The molecule has 6 heteroatoms. The van der Waals surface area contributed by atoms with E-state index in [9.17, 15) is 4.79 Å². The molecule has 0 atom stereocenters. The van der Waals surface area contributed by atoms with Crippen LogP contribution in [0.4, 0.5) is 0 Å². The first kappa shape index (κ1) is 17.9. The molecule has 0 radical (unpaired) electrons. The number of rotatable bonds is 6. The lowest BCUT2D eigenvalue weighted by atomic mass is 9.92. The van der Waals surface area contributed by atoms with Crippen molar-refractivity contribution in [1.29, 1.82) is 0 Å². The van der Waals surface area contributed by atoms with Crippen molar-refractivity contribution < 1.29 is 9.53 Å². The average molecular weight is 322 g/mol. The van der Waals surface area contributed by atoms with Gasteiger partial charge in [0.1, 0.15) is 6.61 Å². The van der Waals surface area contributed by atoms with Gasteiger partial charge in [-0.25, -0.2) is 0 Å². The fourth-order valence-electron chi connectivity index (χ4n) is 2.73. The van der Waals surface area contributed by atoms with E-state index in [1.54, 1.807) is 0 Å². The maximum absolute atomic E-state index is 11.5. The first-order valence-electron chi connectivity index (χ1n) is 8.41. The smallest absolute Gasteiger partial charge is 0.246 e. The summed E-state index contributed by atoms with van der Waals surface area (Å²) in [6.07, 6.45) is 2.31. The van der Waals surface area contributed by atoms with Crippen molar-refractivity contribution in [3.63, 3.8) is 0 Å². The largest absolute Gasteiger partial charge is 0.375 e. The minimum Gasteiger partial charge on any atom is -0.375 e. The lowest BCUT2D eigenvalue weighted by Gasteiger charge is -2.25. The molecule has 6 nitrogen and oxygen atoms in total. The number of hydrogen-bond acceptors (Lipinski definition) is 4. The number of ether oxygens (including phenoxy) is 1. The second-order valence-electron chi connectivity index (χ2n) is 7.50. The Balaban J connectivity index is 1.92. The van der Waals surface area contributed by atoms with E-state index in [4.69, 9.17) is 4.74 Å². The molecule has 0 spiro atoms. The van der Waals surface area contributed by atoms with E-state index >= 15 is 0 Å². The number of methoxy groups -OCH3 is 1. The maximum atomic E-state index is 11.5. The van der Waals surface area contributed by atoms with Gasteiger partial charge in [0.05, 0.1) is 17.9 Å². The number of aryl methyl sites for hydroxylation is 1. The van der Waals surface area contributed by atoms with E-state index in [1.807, 2.05) is 0 Å². The number of hydrogen-bond donors (Lipinski definition) is 1. The summed E-state index contributed by atoms with van der Waals surface area (Å²) in [7, 11) is 1.52. The third-order valence-corrected chi connectivity index (χ3v) is 4.06. The molecule has 130 valence electrons. The molecular weight excluding hydrogens is 292 g/mol. The molecule has 1 aliphatic rings. The molecule has 0 unspecified atom stereocenters. The van der Waals surface area contributed by atoms with E-state index in [1.165, 1.54) is 19.2 Å². The Morgan fingerprint density at radius 2 is 2.17 bits per heavy atom. The van der Waals surface area contributed by atoms with Crippen molar-refractivity contribution in [1.82, 2.24) is 20.0 Å². The van der Waals surface area contributed by atoms with Gasteiger partial charge in [-0.05, 0) is 30.9 Å². The molecule has 1 aromatic rings. The Morgan fingerprint density at radius 3 is 2.87 bits per heavy atom. The highest BCUT2D eigenvalue weighted by atomic mass is 16.5. The molecule has 0 fully saturated rings. The molecule has 0 saturated heterocycles. The van der Waals surface area contributed by atoms with E-state index in [0.717, 1.165) is 38.3 Å². The summed E-state index contributed by atoms with van der Waals surface area (Å²) < 4.78 is 6.91. The molecule has 0 bridgehead atoms. The normalized spacial score (nSPS) is 16.0. The zero-order chi connectivity index (χ0) is 16.9. The zero-order valence-corrected chi connectivity index (χ0v) is 14.9. The van der Waals surface area contributed by atoms with Crippen LogP contribution in [0.25, 0.3) is 0 Å². The van der Waals surface area contributed by atoms with Crippen LogP contribution in [-0.2, 0) is 29.2 Å². The van der Waals surface area contributed by atoms with Crippen LogP contribution in [0.15, 0.2) is 6.07 Å². The molecule has 0 aromatic carbocycles. The van der Waals surface area contributed by atoms with Gasteiger partial charge in [-0.1, -0.05) is 20.8 Å². The number of aromatic nitrogens is 2. The van der Waals surface area contributed by atoms with Gasteiger partial charge >= 0.3 is 0 Å². The zero-order valence-electron chi connectivity index (χ0n) is 14.9. The van der Waals surface area contributed by atoms with Crippen LogP contribution in [-0.4, -0.2) is 47.4 Å². The summed E-state index contributed by atoms with van der Waals surface area (Å²) in [6.45, 7) is 11.6. The molecule has 1 aliphatic heterocycles. The summed E-state index contributed by atoms with van der Waals surface area (Å²) in [5.41, 5.74) is 2.53. The third-order valence-electron chi connectivity index (χ3n) is 4.06. The Kier molecular flexibility index (Phi) is 6.18. The molecule has 1 aromatic heterocycles. The van der Waals surface area contributed by atoms with Crippen LogP contribution in [0.2, 0.25) is 0 Å². The molecule has 1 N–H and O–H groups in total. The Labute approximate surface area is 139 Å². The number of fused-ring (bicyclic) bond motifs is 1. The minimum absolute atomic E-state index is 0.0914.